The van der Waals surface area contributed by atoms with Gasteiger partial charge in [0.05, 0.1) is 19.2 Å². The molecule has 0 aliphatic carbocycles. The van der Waals surface area contributed by atoms with Gasteiger partial charge in [-0.05, 0) is 27.7 Å². The molecule has 0 saturated carbocycles. The first kappa shape index (κ1) is 11.8. The van der Waals surface area contributed by atoms with Gasteiger partial charge >= 0.3 is 0 Å². The van der Waals surface area contributed by atoms with Crippen molar-refractivity contribution < 1.29 is 0 Å². The highest BCUT2D eigenvalue weighted by molar-refractivity contribution is 5.36. The van der Waals surface area contributed by atoms with Crippen LogP contribution in [0.1, 0.15) is 27.7 Å². The largest absolute Gasteiger partial charge is 0.287 e. The van der Waals surface area contributed by atoms with Crippen molar-refractivity contribution in [3.63, 3.8) is 0 Å². The Morgan fingerprint density at radius 1 is 1.06 bits per heavy atom. The third-order valence-electron chi connectivity index (χ3n) is 3.65. The Balaban J connectivity index is 2.08. The second-order valence-corrected chi connectivity index (χ2v) is 5.41. The smallest absolute Gasteiger partial charge is 0.186 e. The van der Waals surface area contributed by atoms with Crippen LogP contribution in [-0.2, 0) is 0 Å². The van der Waals surface area contributed by atoms with E-state index in [2.05, 4.69) is 49.6 Å². The van der Waals surface area contributed by atoms with Crippen LogP contribution in [0.25, 0.3) is 0 Å². The van der Waals surface area contributed by atoms with Gasteiger partial charge in [0, 0.05) is 24.7 Å². The van der Waals surface area contributed by atoms with Gasteiger partial charge in [-0.1, -0.05) is 0 Å². The number of fused-ring (bicyclic) bond motifs is 1. The van der Waals surface area contributed by atoms with Gasteiger partial charge < -0.3 is 0 Å². The van der Waals surface area contributed by atoms with E-state index in [1.54, 1.807) is 0 Å². The molecular weight excluding hydrogens is 196 g/mol. The van der Waals surface area contributed by atoms with Crippen molar-refractivity contribution in [3.05, 3.63) is 23.3 Å². The summed E-state index contributed by atoms with van der Waals surface area (Å²) in [7, 11) is 0. The Morgan fingerprint density at radius 3 is 2.38 bits per heavy atom. The average Bonchev–Trinajstić information content (AvgIpc) is 2.27. The highest BCUT2D eigenvalue weighted by Crippen LogP contribution is 2.23. The fourth-order valence-electron chi connectivity index (χ4n) is 2.28. The highest BCUT2D eigenvalue weighted by Gasteiger charge is 2.32. The van der Waals surface area contributed by atoms with Crippen LogP contribution in [0.2, 0.25) is 0 Å². The minimum Gasteiger partial charge on any atom is -0.287 e. The molecule has 0 amide bonds. The molecule has 2 heteroatoms. The predicted molar refractivity (Wildman–Crippen MR) is 68.3 cm³/mol. The first-order valence-electron chi connectivity index (χ1n) is 6.35. The third kappa shape index (κ3) is 2.35. The zero-order valence-corrected chi connectivity index (χ0v) is 11.0. The number of rotatable bonds is 2. The molecule has 0 aromatic heterocycles. The maximum atomic E-state index is 3.57. The molecule has 0 N–H and O–H groups in total. The van der Waals surface area contributed by atoms with Gasteiger partial charge in [0.15, 0.2) is 5.57 Å². The van der Waals surface area contributed by atoms with Crippen LogP contribution in [-0.4, -0.2) is 48.1 Å². The summed E-state index contributed by atoms with van der Waals surface area (Å²) < 4.78 is 0. The molecule has 0 aromatic carbocycles. The van der Waals surface area contributed by atoms with Crippen LogP contribution >= 0.6 is 0 Å². The summed E-state index contributed by atoms with van der Waals surface area (Å²) in [5.41, 5.74) is 2.95. The Kier molecular flexibility index (Phi) is 3.44. The van der Waals surface area contributed by atoms with E-state index in [1.807, 2.05) is 0 Å². The topological polar surface area (TPSA) is 6.48 Å². The Hall–Kier alpha value is -0.690. The monoisotopic (exact) mass is 219 g/mol. The summed E-state index contributed by atoms with van der Waals surface area (Å²) in [4.78, 5) is 4.97. The molecule has 0 unspecified atom stereocenters. The molecule has 0 atom stereocenters. The Bertz CT molecular complexity index is 281. The lowest BCUT2D eigenvalue weighted by molar-refractivity contribution is 0.229. The van der Waals surface area contributed by atoms with Crippen molar-refractivity contribution in [3.8, 4) is 0 Å². The zero-order chi connectivity index (χ0) is 11.7. The summed E-state index contributed by atoms with van der Waals surface area (Å²) in [5, 5.41) is 0. The molecule has 0 aromatic rings. The van der Waals surface area contributed by atoms with E-state index < -0.39 is 0 Å². The van der Waals surface area contributed by atoms with E-state index >= 15 is 0 Å². The molecule has 2 aliphatic heterocycles. The second kappa shape index (κ2) is 4.67. The normalized spacial score (nSPS) is 22.9. The second-order valence-electron chi connectivity index (χ2n) is 5.41. The van der Waals surface area contributed by atoms with Gasteiger partial charge in [-0.2, -0.15) is 0 Å². The van der Waals surface area contributed by atoms with E-state index in [4.69, 9.17) is 0 Å². The Labute approximate surface area is 99.6 Å². The fourth-order valence-corrected chi connectivity index (χ4v) is 2.28. The average molecular weight is 219 g/mol. The quantitative estimate of drug-likeness (QED) is 0.656. The van der Waals surface area contributed by atoms with Crippen LogP contribution in [0.3, 0.4) is 0 Å². The van der Waals surface area contributed by atoms with Crippen molar-refractivity contribution in [2.24, 2.45) is 0 Å². The predicted octanol–water partition coefficient (Wildman–Crippen LogP) is 2.09. The maximum Gasteiger partial charge on any atom is 0.186 e. The van der Waals surface area contributed by atoms with Crippen molar-refractivity contribution in [2.75, 3.05) is 26.2 Å². The summed E-state index contributed by atoms with van der Waals surface area (Å²) >= 11 is 0. The van der Waals surface area contributed by atoms with Gasteiger partial charge in [0.2, 0.25) is 0 Å². The Morgan fingerprint density at radius 2 is 1.75 bits per heavy atom. The van der Waals surface area contributed by atoms with Crippen LogP contribution in [0.15, 0.2) is 17.2 Å². The van der Waals surface area contributed by atoms with E-state index in [9.17, 15) is 0 Å². The highest BCUT2D eigenvalue weighted by atomic mass is 15.2. The summed E-state index contributed by atoms with van der Waals surface area (Å²) in [6.07, 6.45) is 5.96. The van der Waals surface area contributed by atoms with Crippen molar-refractivity contribution in [2.45, 2.75) is 39.8 Å². The van der Waals surface area contributed by atoms with Crippen molar-refractivity contribution in [1.29, 1.82) is 0 Å². The van der Waals surface area contributed by atoms with Gasteiger partial charge in [-0.15, -0.1) is 0 Å². The molecule has 0 bridgehead atoms. The minimum atomic E-state index is 0.623. The first-order chi connectivity index (χ1) is 7.58. The lowest BCUT2D eigenvalue weighted by Gasteiger charge is -2.31. The molecule has 0 fully saturated rings. The molecule has 0 radical (unpaired) electrons. The number of nitrogens with zero attached hydrogens (tertiary/aromatic N) is 2. The molecule has 2 aliphatic rings. The van der Waals surface area contributed by atoms with Gasteiger partial charge in [-0.25, -0.2) is 0 Å². The lowest BCUT2D eigenvalue weighted by atomic mass is 9.96. The molecule has 16 heavy (non-hydrogen) atoms. The van der Waals surface area contributed by atoms with Crippen molar-refractivity contribution in [1.82, 2.24) is 9.80 Å². The van der Waals surface area contributed by atoms with E-state index in [1.165, 1.54) is 11.1 Å². The number of hydrogen-bond donors (Lipinski definition) is 0. The molecule has 88 valence electrons. The maximum absolute atomic E-state index is 3.57. The van der Waals surface area contributed by atoms with Crippen LogP contribution in [0.4, 0.5) is 0 Å². The first-order valence-corrected chi connectivity index (χ1v) is 6.35. The van der Waals surface area contributed by atoms with Crippen LogP contribution in [0, 0.1) is 6.08 Å². The van der Waals surface area contributed by atoms with Crippen LogP contribution < -0.4 is 0 Å². The van der Waals surface area contributed by atoms with E-state index in [-0.39, 0.29) is 0 Å². The molecule has 0 saturated heterocycles. The fraction of sp³-hybridized carbons (Fsp3) is 0.714. The SMILES string of the molecule is CC(C)N1CC=C2CN(C(C)C)C[C+]=C2C1. The molecule has 2 rings (SSSR count). The van der Waals surface area contributed by atoms with Gasteiger partial charge in [-0.3, -0.25) is 9.80 Å². The minimum absolute atomic E-state index is 0.623. The molecular formula is C14H23N2+. The summed E-state index contributed by atoms with van der Waals surface area (Å²) in [5.74, 6) is 0. The molecule has 0 spiro atoms. The van der Waals surface area contributed by atoms with Crippen molar-refractivity contribution >= 4 is 0 Å². The van der Waals surface area contributed by atoms with E-state index in [0.29, 0.717) is 12.1 Å². The standard InChI is InChI=1S/C14H23N2/c1-11(2)15-7-5-14-10-16(12(3)4)8-6-13(14)9-15/h5,11-12H,7-10H2,1-4H3/q+1. The third-order valence-corrected chi connectivity index (χ3v) is 3.65. The van der Waals surface area contributed by atoms with Gasteiger partial charge in [0.25, 0.3) is 0 Å². The zero-order valence-electron chi connectivity index (χ0n) is 11.0. The molecule has 2 nitrogen and oxygen atoms in total. The van der Waals surface area contributed by atoms with E-state index in [0.717, 1.165) is 26.2 Å². The molecule has 2 heterocycles. The number of hydrogen-bond acceptors (Lipinski definition) is 2. The summed E-state index contributed by atoms with van der Waals surface area (Å²) in [6.45, 7) is 13.4. The summed E-state index contributed by atoms with van der Waals surface area (Å²) in [6, 6.07) is 1.26. The van der Waals surface area contributed by atoms with Crippen LogP contribution in [0.5, 0.6) is 0 Å². The lowest BCUT2D eigenvalue weighted by Crippen LogP contribution is -2.42. The van der Waals surface area contributed by atoms with Gasteiger partial charge in [0.1, 0.15) is 12.1 Å².